The van der Waals surface area contributed by atoms with E-state index in [1.807, 2.05) is 0 Å². The highest BCUT2D eigenvalue weighted by Gasteiger charge is 2.63. The first-order valence-corrected chi connectivity index (χ1v) is 13.6. The van der Waals surface area contributed by atoms with E-state index in [0.717, 1.165) is 11.5 Å². The molecule has 0 saturated carbocycles. The van der Waals surface area contributed by atoms with E-state index < -0.39 is 62.1 Å². The molecule has 1 fully saturated rings. The predicted molar refractivity (Wildman–Crippen MR) is 134 cm³/mol. The lowest BCUT2D eigenvalue weighted by Crippen LogP contribution is -2.49. The molecule has 1 aliphatic rings. The number of aliphatic hydroxyl groups excluding tert-OH is 1. The fourth-order valence-electron chi connectivity index (χ4n) is 3.70. The van der Waals surface area contributed by atoms with E-state index in [9.17, 15) is 19.6 Å². The van der Waals surface area contributed by atoms with Crippen molar-refractivity contribution < 1.29 is 42.5 Å². The summed E-state index contributed by atoms with van der Waals surface area (Å²) in [6.07, 6.45) is -3.21. The Kier molecular flexibility index (Phi) is 8.78. The maximum atomic E-state index is 16.0. The fourth-order valence-corrected chi connectivity index (χ4v) is 5.83. The maximum Gasteiger partial charge on any atom is 0.380 e. The molecule has 2 unspecified atom stereocenters. The van der Waals surface area contributed by atoms with E-state index >= 15 is 4.39 Å². The molecule has 11 nitrogen and oxygen atoms in total. The van der Waals surface area contributed by atoms with Crippen molar-refractivity contribution in [3.05, 3.63) is 47.4 Å². The molecule has 1 aromatic carbocycles. The monoisotopic (exact) mass is 559 g/mol. The van der Waals surface area contributed by atoms with Crippen LogP contribution in [0.3, 0.4) is 0 Å². The van der Waals surface area contributed by atoms with Crippen molar-refractivity contribution in [3.63, 3.8) is 0 Å². The van der Waals surface area contributed by atoms with Crippen LogP contribution in [0.5, 0.6) is 5.75 Å². The van der Waals surface area contributed by atoms with Gasteiger partial charge < -0.3 is 29.9 Å². The number of benzene rings is 1. The Morgan fingerprint density at radius 2 is 1.97 bits per heavy atom. The van der Waals surface area contributed by atoms with E-state index in [1.54, 1.807) is 32.0 Å². The highest BCUT2D eigenvalue weighted by Crippen LogP contribution is 2.53. The number of ether oxygens (including phenoxy) is 2. The van der Waals surface area contributed by atoms with Crippen LogP contribution in [0.2, 0.25) is 0 Å². The second-order valence-corrected chi connectivity index (χ2v) is 11.7. The zero-order valence-electron chi connectivity index (χ0n) is 20.8. The summed E-state index contributed by atoms with van der Waals surface area (Å²) >= 11 is 5.13. The molecular formula is C23H31FN3O8PS. The first-order chi connectivity index (χ1) is 17.2. The number of nitrogens with two attached hydrogens (primary N) is 1. The molecule has 3 rings (SSSR count). The number of aromatic nitrogens is 2. The van der Waals surface area contributed by atoms with E-state index in [1.165, 1.54) is 31.3 Å². The average molecular weight is 560 g/mol. The number of hydrogen-bond acceptors (Lipinski definition) is 11. The highest BCUT2D eigenvalue weighted by atomic mass is 32.1. The minimum absolute atomic E-state index is 0.0957. The number of nitrogens with zero attached hydrogens (tertiary/aromatic N) is 2. The molecule has 6 atom stereocenters. The standard InChI is InChI=1S/C23H31FN3O8PS/c1-14(2)33-18(28)15(3)12-36(31,35-16-8-6-5-7-9-16)32-13-23(24)19(29)22(4,30)20(34-23)27-11-10-17(25)26-21(27)37/h5-11,14-15,19-20,29-30H,12-13H2,1-4H3,(H2,25,26,37)/t15-,19-,20-,22?,23-,36?/m1/s1. The van der Waals surface area contributed by atoms with Gasteiger partial charge in [-0.3, -0.25) is 13.9 Å². The van der Waals surface area contributed by atoms with Crippen LogP contribution in [0, 0.1) is 10.7 Å². The van der Waals surface area contributed by atoms with Gasteiger partial charge in [-0.25, -0.2) is 13.9 Å². The van der Waals surface area contributed by atoms with Crippen LogP contribution in [-0.2, 0) is 23.4 Å². The van der Waals surface area contributed by atoms with Gasteiger partial charge in [-0.2, -0.15) is 0 Å². The average Bonchev–Trinajstić information content (AvgIpc) is 2.98. The fraction of sp³-hybridized carbons (Fsp3) is 0.522. The van der Waals surface area contributed by atoms with Crippen LogP contribution >= 0.6 is 19.8 Å². The molecule has 2 heterocycles. The molecular weight excluding hydrogens is 528 g/mol. The van der Waals surface area contributed by atoms with Gasteiger partial charge in [0, 0.05) is 6.20 Å². The van der Waals surface area contributed by atoms with Gasteiger partial charge >= 0.3 is 13.6 Å². The Morgan fingerprint density at radius 1 is 1.32 bits per heavy atom. The lowest BCUT2D eigenvalue weighted by atomic mass is 9.95. The first kappa shape index (κ1) is 29.2. The van der Waals surface area contributed by atoms with Crippen LogP contribution in [0.15, 0.2) is 42.6 Å². The van der Waals surface area contributed by atoms with Gasteiger partial charge in [-0.15, -0.1) is 0 Å². The molecule has 14 heteroatoms. The van der Waals surface area contributed by atoms with Crippen LogP contribution in [0.25, 0.3) is 0 Å². The second-order valence-electron chi connectivity index (χ2n) is 9.28. The maximum absolute atomic E-state index is 16.0. The highest BCUT2D eigenvalue weighted by molar-refractivity contribution is 7.71. The summed E-state index contributed by atoms with van der Waals surface area (Å²) in [5.74, 6) is -4.37. The number of carbonyl (C=O) groups excluding carboxylic acids is 1. The molecule has 0 spiro atoms. The van der Waals surface area contributed by atoms with E-state index in [4.69, 9.17) is 36.5 Å². The van der Waals surface area contributed by atoms with E-state index in [0.29, 0.717) is 0 Å². The van der Waals surface area contributed by atoms with Crippen molar-refractivity contribution in [2.45, 2.75) is 57.6 Å². The predicted octanol–water partition coefficient (Wildman–Crippen LogP) is 3.38. The smallest absolute Gasteiger partial charge is 0.380 e. The van der Waals surface area contributed by atoms with Crippen molar-refractivity contribution in [3.8, 4) is 5.75 Å². The zero-order chi connectivity index (χ0) is 27.6. The number of halogens is 1. The second kappa shape index (κ2) is 11.1. The van der Waals surface area contributed by atoms with Crippen molar-refractivity contribution in [2.75, 3.05) is 18.5 Å². The lowest BCUT2D eigenvalue weighted by molar-refractivity contribution is -0.203. The van der Waals surface area contributed by atoms with Crippen LogP contribution in [0.1, 0.15) is 33.9 Å². The number of rotatable bonds is 10. The Morgan fingerprint density at radius 3 is 2.57 bits per heavy atom. The third-order valence-electron chi connectivity index (χ3n) is 5.57. The number of esters is 1. The van der Waals surface area contributed by atoms with Gasteiger partial charge in [-0.1, -0.05) is 25.1 Å². The molecule has 0 bridgehead atoms. The Labute approximate surface area is 218 Å². The van der Waals surface area contributed by atoms with Gasteiger partial charge in [0.1, 0.15) is 29.9 Å². The summed E-state index contributed by atoms with van der Waals surface area (Å²) in [6, 6.07) is 9.34. The minimum Gasteiger partial charge on any atom is -0.463 e. The third-order valence-corrected chi connectivity index (χ3v) is 7.88. The van der Waals surface area contributed by atoms with Crippen molar-refractivity contribution in [2.24, 2.45) is 5.92 Å². The Bertz CT molecular complexity index is 1210. The summed E-state index contributed by atoms with van der Waals surface area (Å²) < 4.78 is 52.3. The summed E-state index contributed by atoms with van der Waals surface area (Å²) in [5.41, 5.74) is 3.40. The number of aliphatic hydroxyl groups is 2. The van der Waals surface area contributed by atoms with Crippen LogP contribution < -0.4 is 10.3 Å². The van der Waals surface area contributed by atoms with Crippen LogP contribution in [-0.4, -0.2) is 62.2 Å². The van der Waals surface area contributed by atoms with E-state index in [-0.39, 0.29) is 16.3 Å². The normalized spacial score (nSPS) is 28.0. The number of para-hydroxylation sites is 1. The first-order valence-electron chi connectivity index (χ1n) is 11.5. The molecule has 1 saturated heterocycles. The largest absolute Gasteiger partial charge is 0.463 e. The number of nitrogen functional groups attached to an aromatic ring is 1. The number of hydrogen-bond donors (Lipinski definition) is 3. The summed E-state index contributed by atoms with van der Waals surface area (Å²) in [6.45, 7) is 4.84. The van der Waals surface area contributed by atoms with Gasteiger partial charge in [-0.05, 0) is 51.2 Å². The molecule has 0 radical (unpaired) electrons. The molecule has 1 aromatic heterocycles. The molecule has 2 aromatic rings. The summed E-state index contributed by atoms with van der Waals surface area (Å²) in [4.78, 5) is 16.2. The van der Waals surface area contributed by atoms with Crippen molar-refractivity contribution >= 4 is 31.6 Å². The SMILES string of the molecule is CC(C)OC(=O)[C@H](C)CP(=O)(OC[C@@]1(F)O[C@@H](n2ccc(N)nc2=S)C(C)(O)[C@H]1O)Oc1ccccc1. The molecule has 4 N–H and O–H groups in total. The summed E-state index contributed by atoms with van der Waals surface area (Å²) in [7, 11) is -4.24. The quantitative estimate of drug-likeness (QED) is 0.223. The number of alkyl halides is 1. The van der Waals surface area contributed by atoms with Crippen molar-refractivity contribution in [1.29, 1.82) is 0 Å². The van der Waals surface area contributed by atoms with Gasteiger partial charge in [0.25, 0.3) is 5.85 Å². The van der Waals surface area contributed by atoms with Gasteiger partial charge in [0.15, 0.2) is 6.23 Å². The number of anilines is 1. The van der Waals surface area contributed by atoms with Gasteiger partial charge in [0.05, 0.1) is 18.2 Å². The Hall–Kier alpha value is -2.41. The minimum atomic E-state index is -4.24. The molecule has 0 aliphatic carbocycles. The molecule has 37 heavy (non-hydrogen) atoms. The van der Waals surface area contributed by atoms with Gasteiger partial charge in [0.2, 0.25) is 4.77 Å². The molecule has 0 amide bonds. The lowest BCUT2D eigenvalue weighted by Gasteiger charge is -2.29. The third kappa shape index (κ3) is 6.73. The van der Waals surface area contributed by atoms with Crippen molar-refractivity contribution in [1.82, 2.24) is 9.55 Å². The topological polar surface area (TPSA) is 155 Å². The molecule has 204 valence electrons. The number of carbonyl (C=O) groups is 1. The Balaban J connectivity index is 1.85. The molecule has 1 aliphatic heterocycles. The van der Waals surface area contributed by atoms with E-state index in [2.05, 4.69) is 4.98 Å². The zero-order valence-corrected chi connectivity index (χ0v) is 22.5. The summed E-state index contributed by atoms with van der Waals surface area (Å²) in [5, 5.41) is 21.6. The van der Waals surface area contributed by atoms with Crippen LogP contribution in [0.4, 0.5) is 10.2 Å².